The molecule has 0 unspecified atom stereocenters. The maximum Gasteiger partial charge on any atom is 0.123 e. The summed E-state index contributed by atoms with van der Waals surface area (Å²) in [6.45, 7) is 6.53. The molecule has 0 aliphatic rings. The zero-order valence-electron chi connectivity index (χ0n) is 7.89. The molecular formula is C11H15F. The van der Waals surface area contributed by atoms with E-state index in [1.165, 1.54) is 17.7 Å². The summed E-state index contributed by atoms with van der Waals surface area (Å²) < 4.78 is 12.5. The molecule has 0 N–H and O–H groups in total. The van der Waals surface area contributed by atoms with Gasteiger partial charge in [0.05, 0.1) is 0 Å². The lowest BCUT2D eigenvalue weighted by Crippen LogP contribution is -2.08. The summed E-state index contributed by atoms with van der Waals surface area (Å²) in [5.41, 5.74) is 1.47. The highest BCUT2D eigenvalue weighted by Crippen LogP contribution is 2.20. The van der Waals surface area contributed by atoms with Gasteiger partial charge in [0.1, 0.15) is 5.82 Å². The summed E-state index contributed by atoms with van der Waals surface area (Å²) in [6.07, 6.45) is 0.993. The van der Waals surface area contributed by atoms with Gasteiger partial charge in [-0.1, -0.05) is 32.9 Å². The van der Waals surface area contributed by atoms with Crippen molar-refractivity contribution in [1.29, 1.82) is 0 Å². The molecule has 0 aliphatic carbocycles. The van der Waals surface area contributed by atoms with Crippen molar-refractivity contribution in [3.8, 4) is 0 Å². The Balaban J connectivity index is 2.71. The number of rotatable bonds is 1. The lowest BCUT2D eigenvalue weighted by atomic mass is 9.88. The van der Waals surface area contributed by atoms with Crippen LogP contribution in [0.3, 0.4) is 0 Å². The van der Waals surface area contributed by atoms with Gasteiger partial charge < -0.3 is 0 Å². The van der Waals surface area contributed by atoms with Crippen molar-refractivity contribution in [1.82, 2.24) is 0 Å². The van der Waals surface area contributed by atoms with Crippen LogP contribution in [-0.2, 0) is 6.42 Å². The van der Waals surface area contributed by atoms with Gasteiger partial charge in [-0.05, 0) is 29.5 Å². The maximum absolute atomic E-state index is 12.5. The van der Waals surface area contributed by atoms with E-state index in [-0.39, 0.29) is 11.2 Å². The Bertz CT molecular complexity index is 241. The fourth-order valence-electron chi connectivity index (χ4n) is 1.21. The van der Waals surface area contributed by atoms with Gasteiger partial charge >= 0.3 is 0 Å². The summed E-state index contributed by atoms with van der Waals surface area (Å²) in [4.78, 5) is 0. The summed E-state index contributed by atoms with van der Waals surface area (Å²) in [5, 5.41) is 0. The molecule has 0 fully saturated rings. The first-order chi connectivity index (χ1) is 5.47. The molecule has 0 aromatic heterocycles. The molecule has 0 bridgehead atoms. The topological polar surface area (TPSA) is 0 Å². The molecule has 0 atom stereocenters. The molecule has 66 valence electrons. The lowest BCUT2D eigenvalue weighted by Gasteiger charge is -2.17. The van der Waals surface area contributed by atoms with Crippen LogP contribution in [0.5, 0.6) is 0 Å². The van der Waals surface area contributed by atoms with Crippen molar-refractivity contribution in [2.45, 2.75) is 27.2 Å². The Morgan fingerprint density at radius 1 is 1.08 bits per heavy atom. The zero-order chi connectivity index (χ0) is 9.19. The van der Waals surface area contributed by atoms with Crippen LogP contribution in [-0.4, -0.2) is 0 Å². The first-order valence-corrected chi connectivity index (χ1v) is 4.22. The van der Waals surface area contributed by atoms with Crippen molar-refractivity contribution in [2.24, 2.45) is 5.41 Å². The monoisotopic (exact) mass is 166 g/mol. The summed E-state index contributed by atoms with van der Waals surface area (Å²) in [6, 6.07) is 6.73. The van der Waals surface area contributed by atoms with Crippen molar-refractivity contribution in [3.63, 3.8) is 0 Å². The van der Waals surface area contributed by atoms with Crippen LogP contribution in [0.15, 0.2) is 24.3 Å². The van der Waals surface area contributed by atoms with E-state index in [1.54, 1.807) is 0 Å². The van der Waals surface area contributed by atoms with E-state index in [1.807, 2.05) is 12.1 Å². The van der Waals surface area contributed by atoms with Gasteiger partial charge in [0.2, 0.25) is 0 Å². The Hall–Kier alpha value is -0.850. The Kier molecular flexibility index (Phi) is 2.51. The molecule has 0 amide bonds. The first kappa shape index (κ1) is 9.24. The van der Waals surface area contributed by atoms with Crippen LogP contribution >= 0.6 is 0 Å². The van der Waals surface area contributed by atoms with Crippen LogP contribution in [0.2, 0.25) is 0 Å². The van der Waals surface area contributed by atoms with E-state index in [0.29, 0.717) is 0 Å². The summed E-state index contributed by atoms with van der Waals surface area (Å²) in [5.74, 6) is -0.160. The minimum absolute atomic E-state index is 0.160. The molecule has 1 aromatic rings. The molecule has 1 rings (SSSR count). The van der Waals surface area contributed by atoms with E-state index in [9.17, 15) is 4.39 Å². The molecule has 0 spiro atoms. The van der Waals surface area contributed by atoms with E-state index in [0.717, 1.165) is 6.42 Å². The highest BCUT2D eigenvalue weighted by atomic mass is 19.1. The van der Waals surface area contributed by atoms with Crippen LogP contribution in [0.25, 0.3) is 0 Å². The largest absolute Gasteiger partial charge is 0.207 e. The lowest BCUT2D eigenvalue weighted by molar-refractivity contribution is 0.411. The Morgan fingerprint density at radius 2 is 1.58 bits per heavy atom. The van der Waals surface area contributed by atoms with Gasteiger partial charge in [0.25, 0.3) is 0 Å². The SMILES string of the molecule is CC(C)(C)Cc1ccc(F)cc1. The molecular weight excluding hydrogens is 151 g/mol. The molecule has 0 saturated carbocycles. The van der Waals surface area contributed by atoms with E-state index >= 15 is 0 Å². The van der Waals surface area contributed by atoms with Crippen molar-refractivity contribution < 1.29 is 4.39 Å². The average Bonchev–Trinajstić information content (AvgIpc) is 1.91. The Morgan fingerprint density at radius 3 is 2.00 bits per heavy atom. The third kappa shape index (κ3) is 3.04. The van der Waals surface area contributed by atoms with Gasteiger partial charge in [0.15, 0.2) is 0 Å². The second kappa shape index (κ2) is 3.26. The predicted octanol–water partition coefficient (Wildman–Crippen LogP) is 3.41. The quantitative estimate of drug-likeness (QED) is 0.599. The van der Waals surface area contributed by atoms with Crippen LogP contribution in [0, 0.1) is 11.2 Å². The van der Waals surface area contributed by atoms with Crippen LogP contribution in [0.4, 0.5) is 4.39 Å². The summed E-state index contributed by atoms with van der Waals surface area (Å²) in [7, 11) is 0. The zero-order valence-corrected chi connectivity index (χ0v) is 7.89. The number of halogens is 1. The molecule has 0 heterocycles. The number of benzene rings is 1. The third-order valence-electron chi connectivity index (χ3n) is 1.65. The first-order valence-electron chi connectivity index (χ1n) is 4.22. The van der Waals surface area contributed by atoms with Crippen molar-refractivity contribution >= 4 is 0 Å². The standard InChI is InChI=1S/C11H15F/c1-11(2,3)8-9-4-6-10(12)7-5-9/h4-7H,8H2,1-3H3. The predicted molar refractivity (Wildman–Crippen MR) is 49.6 cm³/mol. The third-order valence-corrected chi connectivity index (χ3v) is 1.65. The molecule has 0 saturated heterocycles. The highest BCUT2D eigenvalue weighted by Gasteiger charge is 2.10. The van der Waals surface area contributed by atoms with Crippen LogP contribution < -0.4 is 0 Å². The van der Waals surface area contributed by atoms with E-state index < -0.39 is 0 Å². The van der Waals surface area contributed by atoms with E-state index in [4.69, 9.17) is 0 Å². The minimum Gasteiger partial charge on any atom is -0.207 e. The Labute approximate surface area is 73.4 Å². The molecule has 0 aliphatic heterocycles. The van der Waals surface area contributed by atoms with Gasteiger partial charge in [0, 0.05) is 0 Å². The fraction of sp³-hybridized carbons (Fsp3) is 0.455. The smallest absolute Gasteiger partial charge is 0.123 e. The van der Waals surface area contributed by atoms with Crippen LogP contribution in [0.1, 0.15) is 26.3 Å². The molecule has 12 heavy (non-hydrogen) atoms. The van der Waals surface area contributed by atoms with Gasteiger partial charge in [-0.25, -0.2) is 4.39 Å². The van der Waals surface area contributed by atoms with Crippen molar-refractivity contribution in [2.75, 3.05) is 0 Å². The number of hydrogen-bond acceptors (Lipinski definition) is 0. The average molecular weight is 166 g/mol. The number of hydrogen-bond donors (Lipinski definition) is 0. The fourth-order valence-corrected chi connectivity index (χ4v) is 1.21. The molecule has 1 heteroatoms. The highest BCUT2D eigenvalue weighted by molar-refractivity contribution is 5.17. The minimum atomic E-state index is -0.160. The van der Waals surface area contributed by atoms with Crippen molar-refractivity contribution in [3.05, 3.63) is 35.6 Å². The van der Waals surface area contributed by atoms with E-state index in [2.05, 4.69) is 20.8 Å². The maximum atomic E-state index is 12.5. The molecule has 1 aromatic carbocycles. The normalized spacial score (nSPS) is 11.7. The van der Waals surface area contributed by atoms with Gasteiger partial charge in [-0.15, -0.1) is 0 Å². The second-order valence-electron chi connectivity index (χ2n) is 4.36. The molecule has 0 nitrogen and oxygen atoms in total. The summed E-state index contributed by atoms with van der Waals surface area (Å²) >= 11 is 0. The van der Waals surface area contributed by atoms with Gasteiger partial charge in [-0.3, -0.25) is 0 Å². The van der Waals surface area contributed by atoms with Gasteiger partial charge in [-0.2, -0.15) is 0 Å². The molecule has 0 radical (unpaired) electrons. The second-order valence-corrected chi connectivity index (χ2v) is 4.36.